The molecule has 0 aliphatic carbocycles. The SMILES string of the molecule is CCN(c1cc(OC)ccc1OC)S(=O)(=O)c1ccc(OC)cc1. The normalized spacial score (nSPS) is 11.0. The van der Waals surface area contributed by atoms with E-state index < -0.39 is 10.0 Å². The van der Waals surface area contributed by atoms with Gasteiger partial charge in [0, 0.05) is 12.6 Å². The van der Waals surface area contributed by atoms with E-state index in [1.807, 2.05) is 0 Å². The highest BCUT2D eigenvalue weighted by atomic mass is 32.2. The van der Waals surface area contributed by atoms with Crippen molar-refractivity contribution in [2.24, 2.45) is 0 Å². The lowest BCUT2D eigenvalue weighted by Gasteiger charge is -2.25. The van der Waals surface area contributed by atoms with E-state index in [9.17, 15) is 8.42 Å². The fourth-order valence-electron chi connectivity index (χ4n) is 2.34. The zero-order chi connectivity index (χ0) is 17.7. The average molecular weight is 351 g/mol. The highest BCUT2D eigenvalue weighted by molar-refractivity contribution is 7.92. The van der Waals surface area contributed by atoms with Gasteiger partial charge in [0.05, 0.1) is 31.9 Å². The molecule has 0 N–H and O–H groups in total. The molecule has 0 bridgehead atoms. The van der Waals surface area contributed by atoms with Crippen molar-refractivity contribution in [3.63, 3.8) is 0 Å². The van der Waals surface area contributed by atoms with E-state index in [-0.39, 0.29) is 11.4 Å². The number of sulfonamides is 1. The Hall–Kier alpha value is -2.41. The summed E-state index contributed by atoms with van der Waals surface area (Å²) in [5.41, 5.74) is 0.426. The van der Waals surface area contributed by atoms with Gasteiger partial charge in [0.15, 0.2) is 0 Å². The summed E-state index contributed by atoms with van der Waals surface area (Å²) in [6, 6.07) is 11.3. The second kappa shape index (κ2) is 7.44. The number of rotatable bonds is 7. The first-order chi connectivity index (χ1) is 11.5. The molecule has 0 unspecified atom stereocenters. The average Bonchev–Trinajstić information content (AvgIpc) is 2.62. The van der Waals surface area contributed by atoms with Crippen LogP contribution in [0.15, 0.2) is 47.4 Å². The molecule has 0 saturated heterocycles. The molecule has 0 aromatic heterocycles. The number of benzene rings is 2. The highest BCUT2D eigenvalue weighted by Crippen LogP contribution is 2.35. The molecule has 0 aliphatic heterocycles. The van der Waals surface area contributed by atoms with Crippen LogP contribution in [0, 0.1) is 0 Å². The Morgan fingerprint density at radius 3 is 1.96 bits per heavy atom. The third-order valence-corrected chi connectivity index (χ3v) is 5.49. The van der Waals surface area contributed by atoms with E-state index in [0.717, 1.165) is 0 Å². The van der Waals surface area contributed by atoms with Crippen molar-refractivity contribution in [3.8, 4) is 17.2 Å². The van der Waals surface area contributed by atoms with Crippen molar-refractivity contribution in [2.75, 3.05) is 32.2 Å². The summed E-state index contributed by atoms with van der Waals surface area (Å²) < 4.78 is 42.9. The lowest BCUT2D eigenvalue weighted by Crippen LogP contribution is -2.31. The number of nitrogens with zero attached hydrogens (tertiary/aromatic N) is 1. The molecule has 130 valence electrons. The third-order valence-electron chi connectivity index (χ3n) is 3.59. The molecule has 0 heterocycles. The first-order valence-corrected chi connectivity index (χ1v) is 8.80. The monoisotopic (exact) mass is 351 g/mol. The summed E-state index contributed by atoms with van der Waals surface area (Å²) in [5.74, 6) is 1.60. The fourth-order valence-corrected chi connectivity index (χ4v) is 3.81. The van der Waals surface area contributed by atoms with Crippen molar-refractivity contribution < 1.29 is 22.6 Å². The van der Waals surface area contributed by atoms with Crippen LogP contribution >= 0.6 is 0 Å². The van der Waals surface area contributed by atoms with Crippen LogP contribution in [0.3, 0.4) is 0 Å². The second-order valence-corrected chi connectivity index (χ2v) is 6.75. The van der Waals surface area contributed by atoms with Gasteiger partial charge in [0.1, 0.15) is 17.2 Å². The van der Waals surface area contributed by atoms with Gasteiger partial charge >= 0.3 is 0 Å². The maximum Gasteiger partial charge on any atom is 0.264 e. The van der Waals surface area contributed by atoms with E-state index in [1.54, 1.807) is 37.3 Å². The van der Waals surface area contributed by atoms with Crippen LogP contribution in [0.4, 0.5) is 5.69 Å². The molecular formula is C17H21NO5S. The molecule has 24 heavy (non-hydrogen) atoms. The summed E-state index contributed by atoms with van der Waals surface area (Å²) in [7, 11) is 0.813. The van der Waals surface area contributed by atoms with Gasteiger partial charge in [-0.05, 0) is 43.3 Å². The van der Waals surface area contributed by atoms with Gasteiger partial charge in [-0.1, -0.05) is 0 Å². The quantitative estimate of drug-likeness (QED) is 0.767. The first-order valence-electron chi connectivity index (χ1n) is 7.36. The molecule has 0 spiro atoms. The van der Waals surface area contributed by atoms with Crippen LogP contribution in [0.25, 0.3) is 0 Å². The molecule has 0 radical (unpaired) electrons. The Bertz CT molecular complexity index is 787. The van der Waals surface area contributed by atoms with Crippen LogP contribution in [-0.2, 0) is 10.0 Å². The van der Waals surface area contributed by atoms with Crippen LogP contribution in [0.5, 0.6) is 17.2 Å². The summed E-state index contributed by atoms with van der Waals surface area (Å²) in [6.45, 7) is 2.01. The summed E-state index contributed by atoms with van der Waals surface area (Å²) in [5, 5.41) is 0. The van der Waals surface area contributed by atoms with Gasteiger partial charge in [0.25, 0.3) is 10.0 Å². The third kappa shape index (κ3) is 3.41. The number of anilines is 1. The Labute approximate surface area is 142 Å². The maximum atomic E-state index is 13.0. The molecular weight excluding hydrogens is 330 g/mol. The fraction of sp³-hybridized carbons (Fsp3) is 0.294. The topological polar surface area (TPSA) is 65.1 Å². The van der Waals surface area contributed by atoms with Crippen LogP contribution in [0.2, 0.25) is 0 Å². The Morgan fingerprint density at radius 1 is 0.875 bits per heavy atom. The van der Waals surface area contributed by atoms with Crippen LogP contribution in [-0.4, -0.2) is 36.3 Å². The minimum atomic E-state index is -3.74. The van der Waals surface area contributed by atoms with Gasteiger partial charge in [0.2, 0.25) is 0 Å². The molecule has 0 atom stereocenters. The molecule has 0 amide bonds. The Morgan fingerprint density at radius 2 is 1.46 bits per heavy atom. The molecule has 0 saturated carbocycles. The van der Waals surface area contributed by atoms with E-state index >= 15 is 0 Å². The van der Waals surface area contributed by atoms with Crippen molar-refractivity contribution in [3.05, 3.63) is 42.5 Å². The van der Waals surface area contributed by atoms with Gasteiger partial charge in [-0.3, -0.25) is 4.31 Å². The van der Waals surface area contributed by atoms with Crippen molar-refractivity contribution >= 4 is 15.7 Å². The number of hydrogen-bond acceptors (Lipinski definition) is 5. The molecule has 0 fully saturated rings. The van der Waals surface area contributed by atoms with Gasteiger partial charge in [-0.25, -0.2) is 8.42 Å². The van der Waals surface area contributed by atoms with Crippen molar-refractivity contribution in [1.82, 2.24) is 0 Å². The van der Waals surface area contributed by atoms with E-state index in [0.29, 0.717) is 22.9 Å². The predicted octanol–water partition coefficient (Wildman–Crippen LogP) is 2.93. The molecule has 7 heteroatoms. The van der Waals surface area contributed by atoms with E-state index in [2.05, 4.69) is 0 Å². The lowest BCUT2D eigenvalue weighted by molar-refractivity contribution is 0.404. The number of ether oxygens (including phenoxy) is 3. The van der Waals surface area contributed by atoms with E-state index in [4.69, 9.17) is 14.2 Å². The van der Waals surface area contributed by atoms with Crippen LogP contribution < -0.4 is 18.5 Å². The summed E-state index contributed by atoms with van der Waals surface area (Å²) in [4.78, 5) is 0.176. The van der Waals surface area contributed by atoms with Crippen molar-refractivity contribution in [2.45, 2.75) is 11.8 Å². The lowest BCUT2D eigenvalue weighted by atomic mass is 10.2. The molecule has 2 aromatic carbocycles. The number of methoxy groups -OCH3 is 3. The largest absolute Gasteiger partial charge is 0.497 e. The maximum absolute atomic E-state index is 13.0. The Kier molecular flexibility index (Phi) is 5.56. The number of hydrogen-bond donors (Lipinski definition) is 0. The zero-order valence-corrected chi connectivity index (χ0v) is 15.0. The summed E-state index contributed by atoms with van der Waals surface area (Å²) in [6.07, 6.45) is 0. The minimum Gasteiger partial charge on any atom is -0.497 e. The highest BCUT2D eigenvalue weighted by Gasteiger charge is 2.26. The minimum absolute atomic E-state index is 0.176. The molecule has 0 aliphatic rings. The van der Waals surface area contributed by atoms with Crippen LogP contribution in [0.1, 0.15) is 6.92 Å². The smallest absolute Gasteiger partial charge is 0.264 e. The van der Waals surface area contributed by atoms with Gasteiger partial charge < -0.3 is 14.2 Å². The Balaban J connectivity index is 2.53. The predicted molar refractivity (Wildman–Crippen MR) is 92.7 cm³/mol. The standard InChI is InChI=1S/C17H21NO5S/c1-5-18(16-12-14(22-3)8-11-17(16)23-4)24(19,20)15-9-6-13(21-2)7-10-15/h6-12H,5H2,1-4H3. The second-order valence-electron chi connectivity index (χ2n) is 4.88. The van der Waals surface area contributed by atoms with E-state index in [1.165, 1.54) is 37.8 Å². The summed E-state index contributed by atoms with van der Waals surface area (Å²) >= 11 is 0. The van der Waals surface area contributed by atoms with Crippen molar-refractivity contribution in [1.29, 1.82) is 0 Å². The molecule has 2 rings (SSSR count). The zero-order valence-electron chi connectivity index (χ0n) is 14.1. The first kappa shape index (κ1) is 17.9. The van der Waals surface area contributed by atoms with Gasteiger partial charge in [-0.15, -0.1) is 0 Å². The molecule has 2 aromatic rings. The molecule has 6 nitrogen and oxygen atoms in total. The van der Waals surface area contributed by atoms with Gasteiger partial charge in [-0.2, -0.15) is 0 Å².